The highest BCUT2D eigenvalue weighted by Gasteiger charge is 2.44. The van der Waals surface area contributed by atoms with Crippen molar-refractivity contribution in [1.82, 2.24) is 25.0 Å². The molecule has 2 atom stereocenters. The van der Waals surface area contributed by atoms with Crippen LogP contribution in [-0.4, -0.2) is 61.5 Å². The highest BCUT2D eigenvalue weighted by atomic mass is 19.4. The fourth-order valence-corrected chi connectivity index (χ4v) is 3.71. The number of likely N-dealkylation sites (tertiary alicyclic amines) is 1. The summed E-state index contributed by atoms with van der Waals surface area (Å²) < 4.78 is 81.0. The number of carbonyl (C=O) groups excluding carboxylic acids is 1. The van der Waals surface area contributed by atoms with E-state index >= 15 is 0 Å². The van der Waals surface area contributed by atoms with Crippen molar-refractivity contribution in [3.63, 3.8) is 0 Å². The van der Waals surface area contributed by atoms with E-state index in [0.29, 0.717) is 12.8 Å². The molecule has 1 fully saturated rings. The molecule has 192 valence electrons. The summed E-state index contributed by atoms with van der Waals surface area (Å²) in [6.07, 6.45) is -8.95. The molecule has 1 amide bonds. The second-order valence-electron chi connectivity index (χ2n) is 8.02. The minimum atomic E-state index is -4.82. The molecule has 3 aromatic heterocycles. The summed E-state index contributed by atoms with van der Waals surface area (Å²) in [4.78, 5) is 25.1. The van der Waals surface area contributed by atoms with Crippen LogP contribution < -0.4 is 5.32 Å². The lowest BCUT2D eigenvalue weighted by Gasteiger charge is -2.35. The van der Waals surface area contributed by atoms with Crippen molar-refractivity contribution in [3.05, 3.63) is 42.5 Å². The first kappa shape index (κ1) is 25.5. The van der Waals surface area contributed by atoms with Gasteiger partial charge in [-0.05, 0) is 37.1 Å². The Morgan fingerprint density at radius 3 is 2.47 bits per heavy atom. The van der Waals surface area contributed by atoms with Crippen LogP contribution in [0, 0.1) is 5.92 Å². The summed E-state index contributed by atoms with van der Waals surface area (Å²) in [5.74, 6) is -3.12. The van der Waals surface area contributed by atoms with Gasteiger partial charge in [-0.1, -0.05) is 5.16 Å². The number of pyridine rings is 2. The number of hydrogen-bond donors (Lipinski definition) is 2. The fourth-order valence-electron chi connectivity index (χ4n) is 3.71. The number of aliphatic hydroxyl groups excluding tert-OH is 1. The molecule has 0 saturated carbocycles. The highest BCUT2D eigenvalue weighted by Crippen LogP contribution is 2.31. The molecule has 36 heavy (non-hydrogen) atoms. The zero-order valence-electron chi connectivity index (χ0n) is 18.2. The van der Waals surface area contributed by atoms with E-state index in [1.807, 2.05) is 0 Å². The van der Waals surface area contributed by atoms with Crippen molar-refractivity contribution in [2.45, 2.75) is 31.4 Å². The molecule has 3 aromatic rings. The first-order valence-electron chi connectivity index (χ1n) is 10.6. The molecule has 1 aliphatic rings. The summed E-state index contributed by atoms with van der Waals surface area (Å²) >= 11 is 0. The predicted molar refractivity (Wildman–Crippen MR) is 111 cm³/mol. The van der Waals surface area contributed by atoms with Gasteiger partial charge in [0.2, 0.25) is 18.0 Å². The van der Waals surface area contributed by atoms with Crippen LogP contribution in [0.4, 0.5) is 32.0 Å². The van der Waals surface area contributed by atoms with Crippen LogP contribution in [0.25, 0.3) is 22.8 Å². The third-order valence-electron chi connectivity index (χ3n) is 5.44. The standard InChI is InChI=1S/C21H18F6N6O3/c22-20(23,24)18-31-16(32-36-18)11-3-5-28-14(8-11)15-9-13(4-6-29-15)30-17(34)12-2-1-7-33(10-12)19(35)21(25,26)27/h3-6,8-9,12,19,35H,1-2,7,10H2,(H,29,30,34). The zero-order valence-corrected chi connectivity index (χ0v) is 18.2. The van der Waals surface area contributed by atoms with Gasteiger partial charge < -0.3 is 14.9 Å². The largest absolute Gasteiger partial charge is 0.471 e. The molecule has 0 bridgehead atoms. The Kier molecular flexibility index (Phi) is 6.95. The fraction of sp³-hybridized carbons (Fsp3) is 0.381. The average Bonchev–Trinajstić information content (AvgIpc) is 3.35. The van der Waals surface area contributed by atoms with Crippen LogP contribution >= 0.6 is 0 Å². The normalized spacial score (nSPS) is 18.1. The van der Waals surface area contributed by atoms with Gasteiger partial charge in [-0.3, -0.25) is 19.7 Å². The maximum absolute atomic E-state index is 12.8. The first-order chi connectivity index (χ1) is 16.9. The third kappa shape index (κ3) is 5.79. The number of aliphatic hydroxyl groups is 1. The number of nitrogens with one attached hydrogen (secondary N) is 1. The Hall–Kier alpha value is -3.59. The number of piperidine rings is 1. The SMILES string of the molecule is O=C(Nc1ccnc(-c2cc(-c3noc(C(F)(F)F)n3)ccn2)c1)C1CCCN(C(O)C(F)(F)F)C1. The van der Waals surface area contributed by atoms with E-state index in [2.05, 4.69) is 29.9 Å². The molecule has 4 heterocycles. The lowest BCUT2D eigenvalue weighted by molar-refractivity contribution is -0.253. The topological polar surface area (TPSA) is 117 Å². The molecule has 2 N–H and O–H groups in total. The minimum Gasteiger partial charge on any atom is -0.370 e. The van der Waals surface area contributed by atoms with E-state index in [1.54, 1.807) is 0 Å². The molecule has 9 nitrogen and oxygen atoms in total. The van der Waals surface area contributed by atoms with Crippen molar-refractivity contribution in [1.29, 1.82) is 0 Å². The Balaban J connectivity index is 1.48. The summed E-state index contributed by atoms with van der Waals surface area (Å²) in [6, 6.07) is 5.68. The van der Waals surface area contributed by atoms with Crippen molar-refractivity contribution in [2.24, 2.45) is 5.92 Å². The van der Waals surface area contributed by atoms with Gasteiger partial charge in [-0.15, -0.1) is 0 Å². The number of halogens is 6. The van der Waals surface area contributed by atoms with E-state index < -0.39 is 36.3 Å². The molecule has 2 unspecified atom stereocenters. The maximum Gasteiger partial charge on any atom is 0.471 e. The Labute approximate surface area is 199 Å². The number of anilines is 1. The Bertz CT molecular complexity index is 1230. The number of alkyl halides is 6. The lowest BCUT2D eigenvalue weighted by Crippen LogP contribution is -2.51. The molecular formula is C21H18F6N6O3. The van der Waals surface area contributed by atoms with Gasteiger partial charge in [0.05, 0.1) is 17.3 Å². The Morgan fingerprint density at radius 1 is 1.11 bits per heavy atom. The second-order valence-corrected chi connectivity index (χ2v) is 8.02. The number of amides is 1. The molecule has 1 saturated heterocycles. The molecule has 0 spiro atoms. The molecule has 0 radical (unpaired) electrons. The number of rotatable bonds is 5. The van der Waals surface area contributed by atoms with Gasteiger partial charge in [0.1, 0.15) is 0 Å². The van der Waals surface area contributed by atoms with Crippen molar-refractivity contribution in [2.75, 3.05) is 18.4 Å². The van der Waals surface area contributed by atoms with Crippen molar-refractivity contribution in [3.8, 4) is 22.8 Å². The van der Waals surface area contributed by atoms with E-state index in [-0.39, 0.29) is 41.6 Å². The van der Waals surface area contributed by atoms with E-state index in [9.17, 15) is 36.2 Å². The zero-order chi connectivity index (χ0) is 26.1. The van der Waals surface area contributed by atoms with Gasteiger partial charge in [0, 0.05) is 36.7 Å². The molecular weight excluding hydrogens is 498 g/mol. The monoisotopic (exact) mass is 516 g/mol. The number of aromatic nitrogens is 4. The minimum absolute atomic E-state index is 0.0106. The van der Waals surface area contributed by atoms with E-state index in [0.717, 1.165) is 4.90 Å². The summed E-state index contributed by atoms with van der Waals surface area (Å²) in [5.41, 5.74) is 0.955. The molecule has 4 rings (SSSR count). The van der Waals surface area contributed by atoms with Crippen LogP contribution in [0.3, 0.4) is 0 Å². The predicted octanol–water partition coefficient (Wildman–Crippen LogP) is 3.74. The summed E-state index contributed by atoms with van der Waals surface area (Å²) in [6.45, 7) is -0.255. The molecule has 1 aliphatic heterocycles. The van der Waals surface area contributed by atoms with Crippen LogP contribution in [0.1, 0.15) is 18.7 Å². The number of nitrogens with zero attached hydrogens (tertiary/aromatic N) is 5. The molecule has 15 heteroatoms. The average molecular weight is 516 g/mol. The van der Waals surface area contributed by atoms with Gasteiger partial charge in [0.25, 0.3) is 0 Å². The van der Waals surface area contributed by atoms with Crippen molar-refractivity contribution >= 4 is 11.6 Å². The lowest BCUT2D eigenvalue weighted by atomic mass is 9.96. The van der Waals surface area contributed by atoms with Crippen LogP contribution in [0.15, 0.2) is 41.2 Å². The summed E-state index contributed by atoms with van der Waals surface area (Å²) in [5, 5.41) is 15.4. The van der Waals surface area contributed by atoms with Gasteiger partial charge in [0.15, 0.2) is 0 Å². The first-order valence-corrected chi connectivity index (χ1v) is 10.6. The van der Waals surface area contributed by atoms with Gasteiger partial charge in [-0.25, -0.2) is 0 Å². The van der Waals surface area contributed by atoms with Crippen molar-refractivity contribution < 1.29 is 40.8 Å². The smallest absolute Gasteiger partial charge is 0.370 e. The van der Waals surface area contributed by atoms with Crippen LogP contribution in [-0.2, 0) is 11.0 Å². The van der Waals surface area contributed by atoms with Gasteiger partial charge >= 0.3 is 18.2 Å². The second kappa shape index (κ2) is 9.81. The van der Waals surface area contributed by atoms with E-state index in [1.165, 1.54) is 36.7 Å². The molecule has 0 aromatic carbocycles. The van der Waals surface area contributed by atoms with E-state index in [4.69, 9.17) is 0 Å². The maximum atomic E-state index is 12.8. The third-order valence-corrected chi connectivity index (χ3v) is 5.44. The molecule has 0 aliphatic carbocycles. The van der Waals surface area contributed by atoms with Crippen LogP contribution in [0.5, 0.6) is 0 Å². The van der Waals surface area contributed by atoms with Crippen LogP contribution in [0.2, 0.25) is 0 Å². The quantitative estimate of drug-likeness (QED) is 0.493. The number of hydrogen-bond acceptors (Lipinski definition) is 8. The summed E-state index contributed by atoms with van der Waals surface area (Å²) in [7, 11) is 0. The van der Waals surface area contributed by atoms with Gasteiger partial charge in [-0.2, -0.15) is 31.3 Å². The number of carbonyl (C=O) groups is 1. The Morgan fingerprint density at radius 2 is 1.81 bits per heavy atom. The highest BCUT2D eigenvalue weighted by molar-refractivity contribution is 5.93.